The molecule has 66 valence electrons. The van der Waals surface area contributed by atoms with Crippen molar-refractivity contribution in [1.82, 2.24) is 9.78 Å². The van der Waals surface area contributed by atoms with Crippen LogP contribution in [0, 0.1) is 0 Å². The van der Waals surface area contributed by atoms with Gasteiger partial charge >= 0.3 is 0 Å². The van der Waals surface area contributed by atoms with E-state index in [-0.39, 0.29) is 11.4 Å². The Bertz CT molecular complexity index is 284. The lowest BCUT2D eigenvalue weighted by Crippen LogP contribution is -2.11. The maximum Gasteiger partial charge on any atom is 0.258 e. The van der Waals surface area contributed by atoms with Gasteiger partial charge < -0.3 is 5.73 Å². The van der Waals surface area contributed by atoms with Gasteiger partial charge in [-0.25, -0.2) is 13.5 Å². The second-order valence-electron chi connectivity index (χ2n) is 2.18. The minimum Gasteiger partial charge on any atom is -0.383 e. The fourth-order valence-corrected chi connectivity index (χ4v) is 0.776. The maximum absolute atomic E-state index is 11.8. The van der Waals surface area contributed by atoms with E-state index in [1.165, 1.54) is 0 Å². The van der Waals surface area contributed by atoms with E-state index in [0.717, 1.165) is 10.9 Å². The summed E-state index contributed by atoms with van der Waals surface area (Å²) >= 11 is 0. The van der Waals surface area contributed by atoms with Crippen LogP contribution in [0.2, 0.25) is 0 Å². The van der Waals surface area contributed by atoms with Crippen LogP contribution in [-0.2, 0) is 6.54 Å². The molecular formula is C6H7F2N3O. The monoisotopic (exact) mass is 175 g/mol. The third kappa shape index (κ3) is 1.58. The molecule has 0 saturated carbocycles. The molecule has 0 unspecified atom stereocenters. The van der Waals surface area contributed by atoms with Gasteiger partial charge in [0.1, 0.15) is 12.4 Å². The number of aldehydes is 1. The molecule has 12 heavy (non-hydrogen) atoms. The molecule has 0 aliphatic heterocycles. The zero-order valence-corrected chi connectivity index (χ0v) is 6.08. The van der Waals surface area contributed by atoms with Gasteiger partial charge in [0.2, 0.25) is 0 Å². The molecule has 0 radical (unpaired) electrons. The molecule has 0 spiro atoms. The predicted octanol–water partition coefficient (Wildman–Crippen LogP) is 0.543. The first-order chi connectivity index (χ1) is 5.65. The number of hydrogen-bond donors (Lipinski definition) is 1. The van der Waals surface area contributed by atoms with Gasteiger partial charge in [-0.15, -0.1) is 0 Å². The number of anilines is 1. The standard InChI is InChI=1S/C6H7F2N3O/c7-5(8)2-11-6(9)4(3-12)1-10-11/h1,3,5H,2,9H2. The van der Waals surface area contributed by atoms with E-state index in [9.17, 15) is 13.6 Å². The second kappa shape index (κ2) is 3.29. The minimum absolute atomic E-state index is 0.0229. The number of nitrogen functional groups attached to an aromatic ring is 1. The van der Waals surface area contributed by atoms with Crippen LogP contribution in [0.5, 0.6) is 0 Å². The number of aromatic nitrogens is 2. The highest BCUT2D eigenvalue weighted by atomic mass is 19.3. The van der Waals surface area contributed by atoms with Crippen molar-refractivity contribution in [2.45, 2.75) is 13.0 Å². The van der Waals surface area contributed by atoms with E-state index in [1.54, 1.807) is 0 Å². The number of halogens is 2. The summed E-state index contributed by atoms with van der Waals surface area (Å²) in [6, 6.07) is 0. The summed E-state index contributed by atoms with van der Waals surface area (Å²) in [7, 11) is 0. The molecule has 0 aliphatic carbocycles. The highest BCUT2D eigenvalue weighted by molar-refractivity contribution is 5.81. The fourth-order valence-electron chi connectivity index (χ4n) is 0.776. The molecule has 0 aliphatic rings. The predicted molar refractivity (Wildman–Crippen MR) is 38.0 cm³/mol. The average molecular weight is 175 g/mol. The third-order valence-electron chi connectivity index (χ3n) is 1.35. The van der Waals surface area contributed by atoms with Gasteiger partial charge in [0, 0.05) is 0 Å². The number of carbonyl (C=O) groups excluding carboxylic acids is 1. The first-order valence-corrected chi connectivity index (χ1v) is 3.19. The first-order valence-electron chi connectivity index (χ1n) is 3.19. The highest BCUT2D eigenvalue weighted by Gasteiger charge is 2.10. The van der Waals surface area contributed by atoms with Gasteiger partial charge in [0.25, 0.3) is 6.43 Å². The number of nitrogens with zero attached hydrogens (tertiary/aromatic N) is 2. The van der Waals surface area contributed by atoms with E-state index >= 15 is 0 Å². The lowest BCUT2D eigenvalue weighted by molar-refractivity contribution is 0.112. The summed E-state index contributed by atoms with van der Waals surface area (Å²) in [6.45, 7) is -0.584. The largest absolute Gasteiger partial charge is 0.383 e. The van der Waals surface area contributed by atoms with Gasteiger partial charge in [-0.05, 0) is 0 Å². The molecule has 0 bridgehead atoms. The topological polar surface area (TPSA) is 60.9 Å². The Morgan fingerprint density at radius 1 is 1.75 bits per heavy atom. The third-order valence-corrected chi connectivity index (χ3v) is 1.35. The van der Waals surface area contributed by atoms with Crippen LogP contribution in [0.25, 0.3) is 0 Å². The zero-order chi connectivity index (χ0) is 9.14. The number of alkyl halides is 2. The smallest absolute Gasteiger partial charge is 0.258 e. The molecule has 4 nitrogen and oxygen atoms in total. The van der Waals surface area contributed by atoms with Crippen LogP contribution in [0.3, 0.4) is 0 Å². The maximum atomic E-state index is 11.8. The lowest BCUT2D eigenvalue weighted by atomic mass is 10.4. The van der Waals surface area contributed by atoms with Gasteiger partial charge in [-0.2, -0.15) is 5.10 Å². The van der Waals surface area contributed by atoms with Gasteiger partial charge in [-0.1, -0.05) is 0 Å². The molecule has 6 heteroatoms. The van der Waals surface area contributed by atoms with Crippen LogP contribution in [0.15, 0.2) is 6.20 Å². The van der Waals surface area contributed by atoms with E-state index in [0.29, 0.717) is 6.29 Å². The summed E-state index contributed by atoms with van der Waals surface area (Å²) in [5.41, 5.74) is 5.43. The highest BCUT2D eigenvalue weighted by Crippen LogP contribution is 2.09. The van der Waals surface area contributed by atoms with Crippen molar-refractivity contribution >= 4 is 12.1 Å². The van der Waals surface area contributed by atoms with Gasteiger partial charge in [-0.3, -0.25) is 4.79 Å². The summed E-state index contributed by atoms with van der Waals surface area (Å²) in [4.78, 5) is 10.2. The second-order valence-corrected chi connectivity index (χ2v) is 2.18. The Morgan fingerprint density at radius 3 is 2.83 bits per heavy atom. The summed E-state index contributed by atoms with van der Waals surface area (Å²) in [5.74, 6) is -0.0229. The number of rotatable bonds is 3. The van der Waals surface area contributed by atoms with E-state index < -0.39 is 13.0 Å². The number of nitrogens with two attached hydrogens (primary N) is 1. The first kappa shape index (κ1) is 8.63. The molecular weight excluding hydrogens is 168 g/mol. The van der Waals surface area contributed by atoms with Crippen molar-refractivity contribution < 1.29 is 13.6 Å². The minimum atomic E-state index is -2.52. The van der Waals surface area contributed by atoms with Crippen LogP contribution in [0.4, 0.5) is 14.6 Å². The van der Waals surface area contributed by atoms with E-state index in [1.807, 2.05) is 0 Å². The summed E-state index contributed by atoms with van der Waals surface area (Å²) in [5, 5.41) is 3.51. The molecule has 0 fully saturated rings. The molecule has 0 atom stereocenters. The van der Waals surface area contributed by atoms with Crippen molar-refractivity contribution in [3.8, 4) is 0 Å². The summed E-state index contributed by atoms with van der Waals surface area (Å²) in [6.07, 6.45) is -0.888. The molecule has 1 aromatic heterocycles. The normalized spacial score (nSPS) is 10.6. The molecule has 2 N–H and O–H groups in total. The Balaban J connectivity index is 2.86. The van der Waals surface area contributed by atoms with Crippen LogP contribution in [-0.4, -0.2) is 22.5 Å². The number of carbonyl (C=O) groups is 1. The molecule has 1 rings (SSSR count). The SMILES string of the molecule is Nc1c(C=O)cnn1CC(F)F. The van der Waals surface area contributed by atoms with Crippen LogP contribution >= 0.6 is 0 Å². The molecule has 1 heterocycles. The summed E-state index contributed by atoms with van der Waals surface area (Å²) < 4.78 is 24.5. The number of hydrogen-bond acceptors (Lipinski definition) is 3. The molecule has 0 aromatic carbocycles. The van der Waals surface area contributed by atoms with Crippen molar-refractivity contribution in [1.29, 1.82) is 0 Å². The molecule has 1 aromatic rings. The van der Waals surface area contributed by atoms with E-state index in [2.05, 4.69) is 5.10 Å². The van der Waals surface area contributed by atoms with Crippen LogP contribution in [0.1, 0.15) is 10.4 Å². The van der Waals surface area contributed by atoms with Gasteiger partial charge in [0.15, 0.2) is 6.29 Å². The lowest BCUT2D eigenvalue weighted by Gasteiger charge is -2.01. The van der Waals surface area contributed by atoms with Gasteiger partial charge in [0.05, 0.1) is 11.8 Å². The quantitative estimate of drug-likeness (QED) is 0.682. The van der Waals surface area contributed by atoms with E-state index in [4.69, 9.17) is 5.73 Å². The molecule has 0 amide bonds. The Morgan fingerprint density at radius 2 is 2.42 bits per heavy atom. The van der Waals surface area contributed by atoms with Crippen molar-refractivity contribution in [2.24, 2.45) is 0 Å². The Kier molecular flexibility index (Phi) is 2.37. The van der Waals surface area contributed by atoms with Crippen molar-refractivity contribution in [3.63, 3.8) is 0 Å². The van der Waals surface area contributed by atoms with Crippen molar-refractivity contribution in [2.75, 3.05) is 5.73 Å². The van der Waals surface area contributed by atoms with Crippen molar-refractivity contribution in [3.05, 3.63) is 11.8 Å². The average Bonchev–Trinajstić information content (AvgIpc) is 2.32. The Labute approximate surface area is 67.0 Å². The van der Waals surface area contributed by atoms with Crippen LogP contribution < -0.4 is 5.73 Å². The molecule has 0 saturated heterocycles. The Hall–Kier alpha value is -1.46. The fraction of sp³-hybridized carbons (Fsp3) is 0.333. The zero-order valence-electron chi connectivity index (χ0n) is 6.08.